The van der Waals surface area contributed by atoms with Crippen molar-refractivity contribution in [3.05, 3.63) is 58.1 Å². The molecular formula is C20H19Cl2NO5. The number of halogens is 2. The molecule has 0 bridgehead atoms. The van der Waals surface area contributed by atoms with E-state index < -0.39 is 18.5 Å². The number of ether oxygens (including phenoxy) is 3. The molecule has 3 rings (SSSR count). The second-order valence-corrected chi connectivity index (χ2v) is 6.98. The third kappa shape index (κ3) is 5.61. The summed E-state index contributed by atoms with van der Waals surface area (Å²) in [6.07, 6.45) is 2.17. The minimum Gasteiger partial charge on any atom is -0.491 e. The first-order chi connectivity index (χ1) is 13.5. The number of benzene rings is 2. The Labute approximate surface area is 172 Å². The van der Waals surface area contributed by atoms with E-state index in [1.807, 2.05) is 0 Å². The Hall–Kier alpha value is -2.28. The van der Waals surface area contributed by atoms with Crippen LogP contribution in [0, 0.1) is 0 Å². The van der Waals surface area contributed by atoms with E-state index >= 15 is 0 Å². The van der Waals surface area contributed by atoms with E-state index in [0.29, 0.717) is 28.6 Å². The Balaban J connectivity index is 1.46. The van der Waals surface area contributed by atoms with Crippen LogP contribution >= 0.6 is 23.2 Å². The van der Waals surface area contributed by atoms with E-state index in [9.17, 15) is 9.59 Å². The van der Waals surface area contributed by atoms with Gasteiger partial charge in [-0.1, -0.05) is 29.3 Å². The molecule has 0 radical (unpaired) electrons. The predicted octanol–water partition coefficient (Wildman–Crippen LogP) is 4.35. The SMILES string of the molecule is O=C(COC(=O)c1ccc(OCC2CCCO2)cc1)Nc1cccc(Cl)c1Cl. The van der Waals surface area contributed by atoms with Crippen molar-refractivity contribution in [2.45, 2.75) is 18.9 Å². The van der Waals surface area contributed by atoms with Crippen molar-refractivity contribution in [3.63, 3.8) is 0 Å². The number of hydrogen-bond donors (Lipinski definition) is 1. The summed E-state index contributed by atoms with van der Waals surface area (Å²) in [4.78, 5) is 24.0. The summed E-state index contributed by atoms with van der Waals surface area (Å²) < 4.78 is 16.2. The van der Waals surface area contributed by atoms with Crippen molar-refractivity contribution in [2.24, 2.45) is 0 Å². The molecule has 1 aliphatic heterocycles. The Morgan fingerprint density at radius 2 is 1.93 bits per heavy atom. The summed E-state index contributed by atoms with van der Waals surface area (Å²) in [6.45, 7) is 0.810. The average Bonchev–Trinajstić information content (AvgIpc) is 3.22. The van der Waals surface area contributed by atoms with Gasteiger partial charge < -0.3 is 19.5 Å². The number of amides is 1. The molecule has 1 fully saturated rings. The summed E-state index contributed by atoms with van der Waals surface area (Å²) in [5, 5.41) is 3.09. The molecule has 0 spiro atoms. The molecule has 28 heavy (non-hydrogen) atoms. The fourth-order valence-corrected chi connectivity index (χ4v) is 3.00. The highest BCUT2D eigenvalue weighted by Crippen LogP contribution is 2.29. The van der Waals surface area contributed by atoms with Gasteiger partial charge >= 0.3 is 5.97 Å². The quantitative estimate of drug-likeness (QED) is 0.670. The van der Waals surface area contributed by atoms with Crippen LogP contribution in [-0.4, -0.2) is 37.8 Å². The van der Waals surface area contributed by atoms with Crippen LogP contribution in [0.5, 0.6) is 5.75 Å². The Morgan fingerprint density at radius 1 is 1.14 bits per heavy atom. The van der Waals surface area contributed by atoms with Gasteiger partial charge in [-0.2, -0.15) is 0 Å². The summed E-state index contributed by atoms with van der Waals surface area (Å²) in [6, 6.07) is 11.4. The molecule has 0 saturated carbocycles. The van der Waals surface area contributed by atoms with Gasteiger partial charge in [-0.3, -0.25) is 4.79 Å². The Morgan fingerprint density at radius 3 is 2.64 bits per heavy atom. The molecule has 0 aromatic heterocycles. The van der Waals surface area contributed by atoms with Gasteiger partial charge in [0.05, 0.1) is 27.4 Å². The van der Waals surface area contributed by atoms with Gasteiger partial charge in [0.25, 0.3) is 5.91 Å². The van der Waals surface area contributed by atoms with E-state index in [-0.39, 0.29) is 11.1 Å². The number of esters is 1. The fraction of sp³-hybridized carbons (Fsp3) is 0.300. The molecule has 6 nitrogen and oxygen atoms in total. The van der Waals surface area contributed by atoms with Gasteiger partial charge in [-0.25, -0.2) is 4.79 Å². The second kappa shape index (κ2) is 9.78. The lowest BCUT2D eigenvalue weighted by Gasteiger charge is -2.12. The fourth-order valence-electron chi connectivity index (χ4n) is 2.65. The van der Waals surface area contributed by atoms with Crippen LogP contribution in [0.2, 0.25) is 10.0 Å². The lowest BCUT2D eigenvalue weighted by molar-refractivity contribution is -0.119. The molecule has 1 atom stereocenters. The minimum absolute atomic E-state index is 0.121. The van der Waals surface area contributed by atoms with Crippen LogP contribution in [0.15, 0.2) is 42.5 Å². The van der Waals surface area contributed by atoms with Crippen LogP contribution in [-0.2, 0) is 14.3 Å². The predicted molar refractivity (Wildman–Crippen MR) is 106 cm³/mol. The third-order valence-electron chi connectivity index (χ3n) is 4.11. The topological polar surface area (TPSA) is 73.9 Å². The zero-order chi connectivity index (χ0) is 19.9. The number of carbonyl (C=O) groups is 2. The van der Waals surface area contributed by atoms with Gasteiger partial charge in [-0.15, -0.1) is 0 Å². The Bertz CT molecular complexity index is 835. The maximum Gasteiger partial charge on any atom is 0.338 e. The smallest absolute Gasteiger partial charge is 0.338 e. The van der Waals surface area contributed by atoms with Gasteiger partial charge in [-0.05, 0) is 49.2 Å². The second-order valence-electron chi connectivity index (χ2n) is 6.20. The first-order valence-corrected chi connectivity index (χ1v) is 9.54. The first kappa shape index (κ1) is 20.5. The maximum absolute atomic E-state index is 12.1. The van der Waals surface area contributed by atoms with E-state index in [1.54, 1.807) is 42.5 Å². The molecule has 1 heterocycles. The molecule has 2 aromatic rings. The van der Waals surface area contributed by atoms with Crippen LogP contribution < -0.4 is 10.1 Å². The molecule has 1 amide bonds. The standard InChI is InChI=1S/C20H19Cl2NO5/c21-16-4-1-5-17(19(16)22)23-18(24)12-28-20(25)13-6-8-14(9-7-13)27-11-15-3-2-10-26-15/h1,4-9,15H,2-3,10-12H2,(H,23,24). The zero-order valence-corrected chi connectivity index (χ0v) is 16.5. The molecule has 0 aliphatic carbocycles. The molecule has 1 unspecified atom stereocenters. The largest absolute Gasteiger partial charge is 0.491 e. The number of carbonyl (C=O) groups excluding carboxylic acids is 2. The van der Waals surface area contributed by atoms with Crippen molar-refractivity contribution in [1.82, 2.24) is 0 Å². The van der Waals surface area contributed by atoms with E-state index in [0.717, 1.165) is 19.4 Å². The van der Waals surface area contributed by atoms with E-state index in [2.05, 4.69) is 5.32 Å². The lowest BCUT2D eigenvalue weighted by atomic mass is 10.2. The molecule has 1 N–H and O–H groups in total. The normalized spacial score (nSPS) is 15.9. The highest BCUT2D eigenvalue weighted by Gasteiger charge is 2.16. The summed E-state index contributed by atoms with van der Waals surface area (Å²) >= 11 is 11.9. The van der Waals surface area contributed by atoms with Gasteiger partial charge in [0, 0.05) is 6.61 Å². The first-order valence-electron chi connectivity index (χ1n) is 8.78. The van der Waals surface area contributed by atoms with Crippen molar-refractivity contribution in [1.29, 1.82) is 0 Å². The number of anilines is 1. The highest BCUT2D eigenvalue weighted by atomic mass is 35.5. The third-order valence-corrected chi connectivity index (χ3v) is 4.93. The van der Waals surface area contributed by atoms with Gasteiger partial charge in [0.2, 0.25) is 0 Å². The van der Waals surface area contributed by atoms with Crippen molar-refractivity contribution in [3.8, 4) is 5.75 Å². The van der Waals surface area contributed by atoms with Crippen LogP contribution in [0.3, 0.4) is 0 Å². The molecular weight excluding hydrogens is 405 g/mol. The number of hydrogen-bond acceptors (Lipinski definition) is 5. The van der Waals surface area contributed by atoms with Crippen molar-refractivity contribution in [2.75, 3.05) is 25.1 Å². The lowest BCUT2D eigenvalue weighted by Crippen LogP contribution is -2.21. The maximum atomic E-state index is 12.1. The van der Waals surface area contributed by atoms with Crippen LogP contribution in [0.25, 0.3) is 0 Å². The van der Waals surface area contributed by atoms with Crippen LogP contribution in [0.1, 0.15) is 23.2 Å². The average molecular weight is 424 g/mol. The highest BCUT2D eigenvalue weighted by molar-refractivity contribution is 6.44. The molecule has 2 aromatic carbocycles. The molecule has 1 aliphatic rings. The van der Waals surface area contributed by atoms with Crippen molar-refractivity contribution >= 4 is 40.8 Å². The zero-order valence-electron chi connectivity index (χ0n) is 15.0. The monoisotopic (exact) mass is 423 g/mol. The molecule has 1 saturated heterocycles. The van der Waals surface area contributed by atoms with E-state index in [1.165, 1.54) is 0 Å². The van der Waals surface area contributed by atoms with Crippen molar-refractivity contribution < 1.29 is 23.8 Å². The molecule has 8 heteroatoms. The van der Waals surface area contributed by atoms with Gasteiger partial charge in [0.1, 0.15) is 12.4 Å². The number of nitrogens with one attached hydrogen (secondary N) is 1. The van der Waals surface area contributed by atoms with E-state index in [4.69, 9.17) is 37.4 Å². The van der Waals surface area contributed by atoms with Gasteiger partial charge in [0.15, 0.2) is 6.61 Å². The minimum atomic E-state index is -0.613. The Kier molecular flexibility index (Phi) is 7.14. The summed E-state index contributed by atoms with van der Waals surface area (Å²) in [7, 11) is 0. The summed E-state index contributed by atoms with van der Waals surface area (Å²) in [5.74, 6) is -0.493. The number of rotatable bonds is 7. The molecule has 148 valence electrons. The van der Waals surface area contributed by atoms with Crippen LogP contribution in [0.4, 0.5) is 5.69 Å². The summed E-state index contributed by atoms with van der Waals surface area (Å²) in [5.41, 5.74) is 0.668.